The number of nitrogens with zero attached hydrogens (tertiary/aromatic N) is 5. The monoisotopic (exact) mass is 480 g/mol. The molecule has 12 nitrogen and oxygen atoms in total. The number of morpholine rings is 1. The highest BCUT2D eigenvalue weighted by molar-refractivity contribution is 5.94. The van der Waals surface area contributed by atoms with Gasteiger partial charge in [-0.2, -0.15) is 0 Å². The highest BCUT2D eigenvalue weighted by Gasteiger charge is 2.30. The fourth-order valence-electron chi connectivity index (χ4n) is 4.21. The second kappa shape index (κ2) is 10.2. The molecule has 1 atom stereocenters. The van der Waals surface area contributed by atoms with Gasteiger partial charge in [-0.15, -0.1) is 0 Å². The summed E-state index contributed by atoms with van der Waals surface area (Å²) in [4.78, 5) is 27.5. The Kier molecular flexibility index (Phi) is 6.64. The third-order valence-electron chi connectivity index (χ3n) is 5.98. The van der Waals surface area contributed by atoms with Crippen molar-refractivity contribution in [2.45, 2.75) is 12.7 Å². The van der Waals surface area contributed by atoms with E-state index in [0.717, 1.165) is 44.8 Å². The van der Waals surface area contributed by atoms with Crippen molar-refractivity contribution < 1.29 is 19.0 Å². The Morgan fingerprint density at radius 2 is 2.06 bits per heavy atom. The maximum absolute atomic E-state index is 12.8. The third-order valence-corrected chi connectivity index (χ3v) is 5.98. The van der Waals surface area contributed by atoms with Crippen LogP contribution in [-0.4, -0.2) is 76.9 Å². The zero-order chi connectivity index (χ0) is 24.2. The minimum absolute atomic E-state index is 0.102. The van der Waals surface area contributed by atoms with Gasteiger partial charge in [0.05, 0.1) is 38.2 Å². The number of aromatic nitrogens is 4. The maximum atomic E-state index is 12.8. The Hall–Kier alpha value is -3.90. The summed E-state index contributed by atoms with van der Waals surface area (Å²) in [6.07, 6.45) is 6.51. The fourth-order valence-corrected chi connectivity index (χ4v) is 4.21. The van der Waals surface area contributed by atoms with Crippen LogP contribution in [0.3, 0.4) is 0 Å². The van der Waals surface area contributed by atoms with Crippen LogP contribution in [0.4, 0.5) is 11.6 Å². The van der Waals surface area contributed by atoms with Crippen LogP contribution in [0.2, 0.25) is 0 Å². The number of amides is 1. The van der Waals surface area contributed by atoms with Crippen LogP contribution in [0.1, 0.15) is 23.1 Å². The van der Waals surface area contributed by atoms with Crippen LogP contribution in [0.25, 0.3) is 11.4 Å². The fraction of sp³-hybridized carbons (Fsp3) is 0.391. The number of nitrogens with one attached hydrogen (secondary N) is 2. The number of hydrogen-bond donors (Lipinski definition) is 3. The molecule has 0 saturated carbocycles. The zero-order valence-electron chi connectivity index (χ0n) is 19.4. The van der Waals surface area contributed by atoms with Crippen molar-refractivity contribution in [3.05, 3.63) is 42.5 Å². The molecule has 0 bridgehead atoms. The summed E-state index contributed by atoms with van der Waals surface area (Å²) in [5.74, 6) is 1.61. The Balaban J connectivity index is 1.32. The number of rotatable bonds is 8. The summed E-state index contributed by atoms with van der Waals surface area (Å²) < 4.78 is 19.1. The van der Waals surface area contributed by atoms with Gasteiger partial charge in [0, 0.05) is 50.0 Å². The van der Waals surface area contributed by atoms with Gasteiger partial charge in [0.1, 0.15) is 5.82 Å². The Labute approximate surface area is 202 Å². The van der Waals surface area contributed by atoms with E-state index in [1.54, 1.807) is 19.5 Å². The first-order chi connectivity index (χ1) is 17.1. The summed E-state index contributed by atoms with van der Waals surface area (Å²) in [6, 6.07) is 3.82. The second-order valence-electron chi connectivity index (χ2n) is 8.18. The average molecular weight is 481 g/mol. The molecule has 2 aromatic heterocycles. The van der Waals surface area contributed by atoms with Gasteiger partial charge in [0.2, 0.25) is 5.95 Å². The Morgan fingerprint density at radius 1 is 1.26 bits per heavy atom. The summed E-state index contributed by atoms with van der Waals surface area (Å²) in [5.41, 5.74) is 7.35. The molecule has 0 spiro atoms. The lowest BCUT2D eigenvalue weighted by Gasteiger charge is -2.31. The molecule has 35 heavy (non-hydrogen) atoms. The third kappa shape index (κ3) is 4.84. The predicted molar refractivity (Wildman–Crippen MR) is 128 cm³/mol. The average Bonchev–Trinajstić information content (AvgIpc) is 3.38. The quantitative estimate of drug-likeness (QED) is 0.404. The molecule has 5 rings (SSSR count). The van der Waals surface area contributed by atoms with Gasteiger partial charge >= 0.3 is 0 Å². The van der Waals surface area contributed by atoms with Gasteiger partial charge in [-0.05, 0) is 18.6 Å². The van der Waals surface area contributed by atoms with Crippen LogP contribution < -0.4 is 25.8 Å². The van der Waals surface area contributed by atoms with Gasteiger partial charge in [0.25, 0.3) is 5.91 Å². The smallest absolute Gasteiger partial charge is 0.257 e. The molecule has 12 heteroatoms. The van der Waals surface area contributed by atoms with Crippen molar-refractivity contribution in [3.8, 4) is 22.9 Å². The first-order valence-electron chi connectivity index (χ1n) is 11.5. The van der Waals surface area contributed by atoms with E-state index in [0.29, 0.717) is 29.6 Å². The number of benzene rings is 1. The minimum Gasteiger partial charge on any atom is -0.491 e. The number of anilines is 2. The molecule has 1 unspecified atom stereocenters. The molecule has 2 aliphatic rings. The lowest BCUT2D eigenvalue weighted by molar-refractivity contribution is 0.0357. The molecule has 4 heterocycles. The zero-order valence-corrected chi connectivity index (χ0v) is 19.4. The molecule has 0 radical (unpaired) electrons. The van der Waals surface area contributed by atoms with Crippen molar-refractivity contribution in [3.63, 3.8) is 0 Å². The van der Waals surface area contributed by atoms with Crippen LogP contribution in [0.15, 0.2) is 36.9 Å². The normalized spacial score (nSPS) is 17.1. The number of methoxy groups -OCH3 is 1. The second-order valence-corrected chi connectivity index (χ2v) is 8.18. The van der Waals surface area contributed by atoms with E-state index >= 15 is 0 Å². The van der Waals surface area contributed by atoms with Gasteiger partial charge in [-0.25, -0.2) is 15.0 Å². The van der Waals surface area contributed by atoms with Crippen LogP contribution in [0, 0.1) is 0 Å². The molecule has 1 amide bonds. The lowest BCUT2D eigenvalue weighted by Crippen LogP contribution is -2.39. The highest BCUT2D eigenvalue weighted by Crippen LogP contribution is 2.45. The maximum Gasteiger partial charge on any atom is 0.257 e. The highest BCUT2D eigenvalue weighted by atomic mass is 16.5. The van der Waals surface area contributed by atoms with Crippen molar-refractivity contribution in [1.29, 1.82) is 0 Å². The number of ether oxygens (including phenoxy) is 3. The van der Waals surface area contributed by atoms with E-state index in [1.165, 1.54) is 12.4 Å². The van der Waals surface area contributed by atoms with Crippen molar-refractivity contribution in [2.24, 2.45) is 0 Å². The van der Waals surface area contributed by atoms with Crippen LogP contribution in [0.5, 0.6) is 11.5 Å². The Morgan fingerprint density at radius 3 is 2.83 bits per heavy atom. The van der Waals surface area contributed by atoms with E-state index in [2.05, 4.69) is 30.5 Å². The molecule has 0 aliphatic carbocycles. The molecule has 184 valence electrons. The van der Waals surface area contributed by atoms with Gasteiger partial charge in [-0.1, -0.05) is 0 Å². The Bertz CT molecular complexity index is 1180. The molecule has 2 aliphatic heterocycles. The number of nitrogen functional groups attached to an aromatic ring is 1. The topological polar surface area (TPSA) is 142 Å². The van der Waals surface area contributed by atoms with Crippen molar-refractivity contribution in [1.82, 2.24) is 29.7 Å². The standard InChI is InChI=1S/C23H28N8O4/c1-33-19-17(35-10-2-6-30-8-11-34-12-9-30)4-3-16-18(19)28-23(31-7-5-25-20(16)31)29-21(32)15-13-26-22(24)27-14-15/h3-5,7,13-14,23,28H,2,6,8-12H2,1H3,(H,29,32)(H2,24,26,27). The van der Waals surface area contributed by atoms with Gasteiger partial charge in [0.15, 0.2) is 17.8 Å². The summed E-state index contributed by atoms with van der Waals surface area (Å²) >= 11 is 0. The van der Waals surface area contributed by atoms with E-state index in [-0.39, 0.29) is 17.4 Å². The molecule has 3 aromatic rings. The summed E-state index contributed by atoms with van der Waals surface area (Å²) in [6.45, 7) is 4.98. The summed E-state index contributed by atoms with van der Waals surface area (Å²) in [7, 11) is 1.60. The van der Waals surface area contributed by atoms with Crippen molar-refractivity contribution in [2.75, 3.05) is 57.6 Å². The molecule has 1 fully saturated rings. The molecular formula is C23H28N8O4. The number of imidazole rings is 1. The summed E-state index contributed by atoms with van der Waals surface area (Å²) in [5, 5.41) is 6.29. The van der Waals surface area contributed by atoms with E-state index in [1.807, 2.05) is 16.7 Å². The molecule has 4 N–H and O–H groups in total. The first kappa shape index (κ1) is 22.9. The van der Waals surface area contributed by atoms with Gasteiger partial charge in [-0.3, -0.25) is 14.3 Å². The van der Waals surface area contributed by atoms with E-state index < -0.39 is 6.29 Å². The van der Waals surface area contributed by atoms with E-state index in [4.69, 9.17) is 19.9 Å². The predicted octanol–water partition coefficient (Wildman–Crippen LogP) is 1.34. The molecular weight excluding hydrogens is 452 g/mol. The first-order valence-corrected chi connectivity index (χ1v) is 11.5. The van der Waals surface area contributed by atoms with Crippen LogP contribution in [-0.2, 0) is 4.74 Å². The van der Waals surface area contributed by atoms with Gasteiger partial charge < -0.3 is 30.6 Å². The minimum atomic E-state index is -0.615. The van der Waals surface area contributed by atoms with Crippen molar-refractivity contribution >= 4 is 17.5 Å². The largest absolute Gasteiger partial charge is 0.491 e. The number of fused-ring (bicyclic) bond motifs is 3. The number of carbonyl (C=O) groups is 1. The molecule has 1 aromatic carbocycles. The SMILES string of the molecule is COc1c(OCCCN2CCOCC2)ccc2c1NC(NC(=O)c1cnc(N)nc1)n1ccnc1-2. The van der Waals surface area contributed by atoms with Crippen LogP contribution >= 0.6 is 0 Å². The number of nitrogens with two attached hydrogens (primary N) is 1. The molecule has 1 saturated heterocycles. The van der Waals surface area contributed by atoms with E-state index in [9.17, 15) is 4.79 Å². The number of hydrogen-bond acceptors (Lipinski definition) is 10. The lowest BCUT2D eigenvalue weighted by atomic mass is 10.1. The number of carbonyl (C=O) groups excluding carboxylic acids is 1.